The van der Waals surface area contributed by atoms with Crippen LogP contribution in [0.4, 0.5) is 23.4 Å². The van der Waals surface area contributed by atoms with Gasteiger partial charge < -0.3 is 10.6 Å². The lowest BCUT2D eigenvalue weighted by Gasteiger charge is -2.27. The molecule has 2 aliphatic rings. The number of nitrogens with zero attached hydrogens (tertiary/aromatic N) is 4. The van der Waals surface area contributed by atoms with Gasteiger partial charge in [-0.15, -0.1) is 0 Å². The summed E-state index contributed by atoms with van der Waals surface area (Å²) < 4.78 is 56.8. The lowest BCUT2D eigenvalue weighted by Crippen LogP contribution is -2.50. The van der Waals surface area contributed by atoms with E-state index in [0.717, 1.165) is 50.2 Å². The van der Waals surface area contributed by atoms with Crippen molar-refractivity contribution < 1.29 is 27.2 Å². The number of carbonyl (C=O) groups excluding carboxylic acids is 2. The van der Waals surface area contributed by atoms with Gasteiger partial charge in [-0.25, -0.2) is 4.98 Å². The molecule has 2 aliphatic carbocycles. The molecule has 0 radical (unpaired) electrons. The van der Waals surface area contributed by atoms with E-state index in [2.05, 4.69) is 25.7 Å². The number of hydrogen-bond acceptors (Lipinski definition) is 5. The smallest absolute Gasteiger partial charge is 0.339 e. The molecule has 0 spiro atoms. The highest BCUT2D eigenvalue weighted by Crippen LogP contribution is 2.51. The standard InChI is InChI=1S/C27H28F4N6O2/c1-14(2)37-20(10-12-33-37)25(38)36-23(22(15-3-4-15)16-5-6-16)26(39)35-21-8-7-17(24(28)34-21)18-13-32-11-9-19(18)27(29,30)31/h7-16,22-23H,3-6H2,1-2H3,(H,36,38)(H,34,35,39)/t23-/m0/s1. The van der Waals surface area contributed by atoms with Crippen LogP contribution in [0.1, 0.15) is 61.6 Å². The van der Waals surface area contributed by atoms with Gasteiger partial charge >= 0.3 is 6.18 Å². The first-order valence-electron chi connectivity index (χ1n) is 12.9. The van der Waals surface area contributed by atoms with Crippen molar-refractivity contribution in [2.24, 2.45) is 17.8 Å². The molecule has 0 unspecified atom stereocenters. The molecule has 8 nitrogen and oxygen atoms in total. The molecule has 0 bridgehead atoms. The Morgan fingerprint density at radius 3 is 2.28 bits per heavy atom. The summed E-state index contributed by atoms with van der Waals surface area (Å²) in [7, 11) is 0. The maximum atomic E-state index is 15.0. The molecule has 0 saturated heterocycles. The molecular weight excluding hydrogens is 516 g/mol. The maximum absolute atomic E-state index is 15.0. The molecule has 12 heteroatoms. The summed E-state index contributed by atoms with van der Waals surface area (Å²) in [5.74, 6) is -1.86. The van der Waals surface area contributed by atoms with Crippen LogP contribution >= 0.6 is 0 Å². The number of carbonyl (C=O) groups is 2. The Kier molecular flexibility index (Phi) is 7.13. The molecule has 2 N–H and O–H groups in total. The molecule has 0 aliphatic heterocycles. The highest BCUT2D eigenvalue weighted by atomic mass is 19.4. The lowest BCUT2D eigenvalue weighted by atomic mass is 9.88. The van der Waals surface area contributed by atoms with Gasteiger partial charge in [-0.1, -0.05) is 0 Å². The van der Waals surface area contributed by atoms with Crippen molar-refractivity contribution in [2.75, 3.05) is 5.32 Å². The normalized spacial score (nSPS) is 16.4. The summed E-state index contributed by atoms with van der Waals surface area (Å²) >= 11 is 0. The number of amides is 2. The number of halogens is 4. The van der Waals surface area contributed by atoms with Crippen LogP contribution in [0.3, 0.4) is 0 Å². The second-order valence-electron chi connectivity index (χ2n) is 10.4. The fraction of sp³-hybridized carbons (Fsp3) is 0.444. The summed E-state index contributed by atoms with van der Waals surface area (Å²) in [6.07, 6.45) is 2.53. The Hall–Kier alpha value is -3.83. The predicted molar refractivity (Wildman–Crippen MR) is 134 cm³/mol. The first-order chi connectivity index (χ1) is 18.5. The molecule has 0 aromatic carbocycles. The first-order valence-corrected chi connectivity index (χ1v) is 12.9. The number of nitrogens with one attached hydrogen (secondary N) is 2. The monoisotopic (exact) mass is 544 g/mol. The fourth-order valence-corrected chi connectivity index (χ4v) is 5.11. The first kappa shape index (κ1) is 26.8. The number of alkyl halides is 3. The average molecular weight is 545 g/mol. The van der Waals surface area contributed by atoms with Crippen molar-refractivity contribution in [3.8, 4) is 11.1 Å². The molecule has 2 fully saturated rings. The van der Waals surface area contributed by atoms with E-state index >= 15 is 0 Å². The third-order valence-corrected chi connectivity index (χ3v) is 7.20. The number of aromatic nitrogens is 4. The third kappa shape index (κ3) is 5.79. The second kappa shape index (κ2) is 10.4. The summed E-state index contributed by atoms with van der Waals surface area (Å²) in [5.41, 5.74) is -1.58. The van der Waals surface area contributed by atoms with Gasteiger partial charge in [0.25, 0.3) is 5.91 Å². The van der Waals surface area contributed by atoms with Crippen LogP contribution < -0.4 is 10.6 Å². The molecule has 3 heterocycles. The lowest BCUT2D eigenvalue weighted by molar-refractivity contribution is -0.137. The van der Waals surface area contributed by atoms with Crippen molar-refractivity contribution >= 4 is 17.6 Å². The van der Waals surface area contributed by atoms with Crippen LogP contribution in [0.5, 0.6) is 0 Å². The minimum atomic E-state index is -4.71. The van der Waals surface area contributed by atoms with Gasteiger partial charge in [0.1, 0.15) is 17.6 Å². The molecular formula is C27H28F4N6O2. The number of pyridine rings is 2. The van der Waals surface area contributed by atoms with E-state index in [9.17, 15) is 27.2 Å². The summed E-state index contributed by atoms with van der Waals surface area (Å²) in [4.78, 5) is 34.2. The van der Waals surface area contributed by atoms with Crippen LogP contribution in [0.2, 0.25) is 0 Å². The molecule has 2 amide bonds. The Labute approximate surface area is 222 Å². The highest BCUT2D eigenvalue weighted by Gasteiger charge is 2.48. The van der Waals surface area contributed by atoms with Gasteiger partial charge in [0, 0.05) is 35.8 Å². The Morgan fingerprint density at radius 1 is 1.00 bits per heavy atom. The van der Waals surface area contributed by atoms with E-state index in [1.54, 1.807) is 10.7 Å². The van der Waals surface area contributed by atoms with E-state index < -0.39 is 46.7 Å². The van der Waals surface area contributed by atoms with Crippen LogP contribution in [0, 0.1) is 23.7 Å². The van der Waals surface area contributed by atoms with Crippen molar-refractivity contribution in [1.29, 1.82) is 0 Å². The number of hydrogen-bond donors (Lipinski definition) is 2. The quantitative estimate of drug-likeness (QED) is 0.283. The fourth-order valence-electron chi connectivity index (χ4n) is 5.11. The molecule has 3 aromatic rings. The van der Waals surface area contributed by atoms with Crippen LogP contribution in [-0.2, 0) is 11.0 Å². The second-order valence-corrected chi connectivity index (χ2v) is 10.4. The van der Waals surface area contributed by atoms with Crippen molar-refractivity contribution in [3.63, 3.8) is 0 Å². The molecule has 1 atom stereocenters. The molecule has 2 saturated carbocycles. The van der Waals surface area contributed by atoms with Gasteiger partial charge in [0.15, 0.2) is 0 Å². The van der Waals surface area contributed by atoms with Crippen molar-refractivity contribution in [3.05, 3.63) is 60.1 Å². The topological polar surface area (TPSA) is 102 Å². The Bertz CT molecular complexity index is 1370. The van der Waals surface area contributed by atoms with Gasteiger partial charge in [-0.3, -0.25) is 19.3 Å². The molecule has 39 heavy (non-hydrogen) atoms. The molecule has 3 aromatic heterocycles. The molecule has 5 rings (SSSR count). The zero-order valence-electron chi connectivity index (χ0n) is 21.4. The summed E-state index contributed by atoms with van der Waals surface area (Å²) in [6, 6.07) is 3.74. The minimum Gasteiger partial charge on any atom is -0.339 e. The van der Waals surface area contributed by atoms with Crippen LogP contribution in [0.15, 0.2) is 42.9 Å². The van der Waals surface area contributed by atoms with E-state index in [0.29, 0.717) is 17.5 Å². The number of anilines is 1. The Balaban J connectivity index is 1.40. The predicted octanol–water partition coefficient (Wildman–Crippen LogP) is 5.25. The van der Waals surface area contributed by atoms with E-state index in [1.807, 2.05) is 13.8 Å². The highest BCUT2D eigenvalue weighted by molar-refractivity contribution is 6.00. The average Bonchev–Trinajstić information content (AvgIpc) is 3.82. The number of rotatable bonds is 9. The van der Waals surface area contributed by atoms with Crippen LogP contribution in [0.25, 0.3) is 11.1 Å². The largest absolute Gasteiger partial charge is 0.417 e. The molecule has 206 valence electrons. The van der Waals surface area contributed by atoms with Gasteiger partial charge in [-0.2, -0.15) is 22.7 Å². The van der Waals surface area contributed by atoms with Gasteiger partial charge in [0.2, 0.25) is 11.9 Å². The van der Waals surface area contributed by atoms with Crippen molar-refractivity contribution in [2.45, 2.75) is 57.8 Å². The maximum Gasteiger partial charge on any atom is 0.417 e. The van der Waals surface area contributed by atoms with Gasteiger partial charge in [0.05, 0.1) is 5.56 Å². The van der Waals surface area contributed by atoms with Crippen LogP contribution in [-0.4, -0.2) is 37.6 Å². The summed E-state index contributed by atoms with van der Waals surface area (Å²) in [5, 5.41) is 9.65. The SMILES string of the molecule is CC(C)n1nccc1C(=O)N[C@H](C(=O)Nc1ccc(-c2cnccc2C(F)(F)F)c(F)n1)C(C1CC1)C1CC1. The Morgan fingerprint density at radius 2 is 1.69 bits per heavy atom. The van der Waals surface area contributed by atoms with E-state index in [4.69, 9.17) is 0 Å². The third-order valence-electron chi connectivity index (χ3n) is 7.20. The van der Waals surface area contributed by atoms with E-state index in [1.165, 1.54) is 12.3 Å². The minimum absolute atomic E-state index is 0.0703. The zero-order valence-corrected chi connectivity index (χ0v) is 21.4. The van der Waals surface area contributed by atoms with Crippen molar-refractivity contribution in [1.82, 2.24) is 25.1 Å². The van der Waals surface area contributed by atoms with E-state index in [-0.39, 0.29) is 17.8 Å². The van der Waals surface area contributed by atoms with Gasteiger partial charge in [-0.05, 0) is 81.5 Å². The zero-order chi connectivity index (χ0) is 27.9. The summed E-state index contributed by atoms with van der Waals surface area (Å²) in [6.45, 7) is 3.77.